The molecule has 4 rings (SSSR count). The maximum atomic E-state index is 12.3. The lowest BCUT2D eigenvalue weighted by Crippen LogP contribution is -2.23. The third-order valence-corrected chi connectivity index (χ3v) is 5.41. The highest BCUT2D eigenvalue weighted by molar-refractivity contribution is 7.89. The molecule has 0 unspecified atom stereocenters. The summed E-state index contributed by atoms with van der Waals surface area (Å²) in [4.78, 5) is 5.30. The molecule has 0 fully saturated rings. The van der Waals surface area contributed by atoms with E-state index in [1.54, 1.807) is 12.3 Å². The standard InChI is InChI=1S/C13H11N3O4S2/c17-22(18,10-1-2-11-12(5-10)20-8-19-11)14-6-9-7-16-3-4-21-13(16)15-9/h1-5,7,14H,6,8H2. The zero-order valence-corrected chi connectivity index (χ0v) is 12.9. The molecular formula is C13H11N3O4S2. The summed E-state index contributed by atoms with van der Waals surface area (Å²) in [5.74, 6) is 0.985. The first-order chi connectivity index (χ1) is 10.6. The van der Waals surface area contributed by atoms with Gasteiger partial charge in [0.15, 0.2) is 16.5 Å². The highest BCUT2D eigenvalue weighted by Gasteiger charge is 2.20. The number of nitrogens with zero attached hydrogens (tertiary/aromatic N) is 2. The Morgan fingerprint density at radius 1 is 1.32 bits per heavy atom. The second-order valence-electron chi connectivity index (χ2n) is 4.66. The van der Waals surface area contributed by atoms with Gasteiger partial charge in [0.25, 0.3) is 0 Å². The molecule has 0 saturated carbocycles. The van der Waals surface area contributed by atoms with Crippen molar-refractivity contribution in [1.29, 1.82) is 0 Å². The van der Waals surface area contributed by atoms with E-state index in [0.29, 0.717) is 17.2 Å². The third kappa shape index (κ3) is 2.32. The van der Waals surface area contributed by atoms with Gasteiger partial charge in [-0.05, 0) is 12.1 Å². The lowest BCUT2D eigenvalue weighted by atomic mass is 10.3. The predicted molar refractivity (Wildman–Crippen MR) is 79.7 cm³/mol. The number of nitrogens with one attached hydrogen (secondary N) is 1. The second kappa shape index (κ2) is 4.97. The summed E-state index contributed by atoms with van der Waals surface area (Å²) in [6.07, 6.45) is 3.68. The summed E-state index contributed by atoms with van der Waals surface area (Å²) >= 11 is 1.50. The molecule has 0 radical (unpaired) electrons. The number of sulfonamides is 1. The van der Waals surface area contributed by atoms with Gasteiger partial charge in [-0.25, -0.2) is 18.1 Å². The first-order valence-corrected chi connectivity index (χ1v) is 8.78. The molecule has 0 spiro atoms. The first kappa shape index (κ1) is 13.6. The average Bonchev–Trinajstić information content (AvgIpc) is 3.19. The van der Waals surface area contributed by atoms with Gasteiger partial charge in [-0.1, -0.05) is 0 Å². The van der Waals surface area contributed by atoms with Crippen LogP contribution in [0.15, 0.2) is 40.9 Å². The van der Waals surface area contributed by atoms with Crippen LogP contribution in [-0.4, -0.2) is 24.6 Å². The number of aromatic nitrogens is 2. The summed E-state index contributed by atoms with van der Waals surface area (Å²) in [6.45, 7) is 0.239. The lowest BCUT2D eigenvalue weighted by molar-refractivity contribution is 0.174. The topological polar surface area (TPSA) is 81.9 Å². The van der Waals surface area contributed by atoms with Crippen molar-refractivity contribution in [1.82, 2.24) is 14.1 Å². The number of rotatable bonds is 4. The molecule has 3 aromatic rings. The van der Waals surface area contributed by atoms with Crippen molar-refractivity contribution in [2.45, 2.75) is 11.4 Å². The number of ether oxygens (including phenoxy) is 2. The zero-order chi connectivity index (χ0) is 15.2. The van der Waals surface area contributed by atoms with Gasteiger partial charge < -0.3 is 9.47 Å². The Balaban J connectivity index is 1.54. The summed E-state index contributed by atoms with van der Waals surface area (Å²) in [5.41, 5.74) is 0.663. The molecule has 1 aromatic carbocycles. The molecular weight excluding hydrogens is 326 g/mol. The van der Waals surface area contributed by atoms with Crippen molar-refractivity contribution in [3.8, 4) is 11.5 Å². The molecule has 0 amide bonds. The highest BCUT2D eigenvalue weighted by atomic mass is 32.2. The molecule has 22 heavy (non-hydrogen) atoms. The first-order valence-electron chi connectivity index (χ1n) is 6.42. The van der Waals surface area contributed by atoms with Crippen LogP contribution in [0, 0.1) is 0 Å². The molecule has 0 atom stereocenters. The van der Waals surface area contributed by atoms with E-state index in [1.165, 1.54) is 23.5 Å². The minimum absolute atomic E-state index is 0.109. The molecule has 7 nitrogen and oxygen atoms in total. The molecule has 1 aliphatic heterocycles. The van der Waals surface area contributed by atoms with Crippen LogP contribution in [0.1, 0.15) is 5.69 Å². The van der Waals surface area contributed by atoms with E-state index in [9.17, 15) is 8.42 Å². The fourth-order valence-corrected chi connectivity index (χ4v) is 3.89. The van der Waals surface area contributed by atoms with Crippen LogP contribution >= 0.6 is 11.3 Å². The molecule has 0 bridgehead atoms. The SMILES string of the molecule is O=S(=O)(NCc1cn2ccsc2n1)c1ccc2c(c1)OCO2. The maximum Gasteiger partial charge on any atom is 0.241 e. The molecule has 0 aliphatic carbocycles. The minimum atomic E-state index is -3.63. The molecule has 3 heterocycles. The van der Waals surface area contributed by atoms with E-state index in [4.69, 9.17) is 9.47 Å². The number of imidazole rings is 1. The van der Waals surface area contributed by atoms with E-state index in [-0.39, 0.29) is 18.2 Å². The van der Waals surface area contributed by atoms with Gasteiger partial charge in [0, 0.05) is 23.8 Å². The van der Waals surface area contributed by atoms with Gasteiger partial charge in [0.05, 0.1) is 17.1 Å². The molecule has 1 N–H and O–H groups in total. The fraction of sp³-hybridized carbons (Fsp3) is 0.154. The van der Waals surface area contributed by atoms with Crippen molar-refractivity contribution in [2.24, 2.45) is 0 Å². The normalized spacial score (nSPS) is 13.8. The van der Waals surface area contributed by atoms with Gasteiger partial charge in [-0.2, -0.15) is 0 Å². The molecule has 1 aliphatic rings. The second-order valence-corrected chi connectivity index (χ2v) is 7.30. The van der Waals surface area contributed by atoms with Crippen molar-refractivity contribution in [2.75, 3.05) is 6.79 Å². The minimum Gasteiger partial charge on any atom is -0.454 e. The maximum absolute atomic E-state index is 12.3. The number of hydrogen-bond donors (Lipinski definition) is 1. The number of hydrogen-bond acceptors (Lipinski definition) is 6. The van der Waals surface area contributed by atoms with E-state index in [2.05, 4.69) is 9.71 Å². The fourth-order valence-electron chi connectivity index (χ4n) is 2.16. The predicted octanol–water partition coefficient (Wildman–Crippen LogP) is 1.60. The summed E-state index contributed by atoms with van der Waals surface area (Å²) in [5, 5.41) is 1.92. The Bertz CT molecular complexity index is 917. The Hall–Kier alpha value is -2.10. The van der Waals surface area contributed by atoms with E-state index >= 15 is 0 Å². The van der Waals surface area contributed by atoms with Crippen molar-refractivity contribution < 1.29 is 17.9 Å². The lowest BCUT2D eigenvalue weighted by Gasteiger charge is -2.06. The largest absolute Gasteiger partial charge is 0.454 e. The van der Waals surface area contributed by atoms with Gasteiger partial charge in [0.2, 0.25) is 16.8 Å². The van der Waals surface area contributed by atoms with Crippen LogP contribution in [0.5, 0.6) is 11.5 Å². The summed E-state index contributed by atoms with van der Waals surface area (Å²) in [7, 11) is -3.63. The molecule has 114 valence electrons. The third-order valence-electron chi connectivity index (χ3n) is 3.24. The Labute approximate surface area is 130 Å². The monoisotopic (exact) mass is 337 g/mol. The van der Waals surface area contributed by atoms with Crippen molar-refractivity contribution in [3.05, 3.63) is 41.7 Å². The van der Waals surface area contributed by atoms with E-state index < -0.39 is 10.0 Å². The van der Waals surface area contributed by atoms with Crippen LogP contribution in [0.25, 0.3) is 4.96 Å². The highest BCUT2D eigenvalue weighted by Crippen LogP contribution is 2.33. The van der Waals surface area contributed by atoms with Crippen LogP contribution in [0.3, 0.4) is 0 Å². The average molecular weight is 337 g/mol. The zero-order valence-electron chi connectivity index (χ0n) is 11.2. The summed E-state index contributed by atoms with van der Waals surface area (Å²) < 4.78 is 39.4. The van der Waals surface area contributed by atoms with Crippen LogP contribution in [0.2, 0.25) is 0 Å². The van der Waals surface area contributed by atoms with E-state index in [1.807, 2.05) is 16.0 Å². The van der Waals surface area contributed by atoms with Gasteiger partial charge >= 0.3 is 0 Å². The van der Waals surface area contributed by atoms with Gasteiger partial charge in [0.1, 0.15) is 0 Å². The van der Waals surface area contributed by atoms with E-state index in [0.717, 1.165) is 4.96 Å². The van der Waals surface area contributed by atoms with Gasteiger partial charge in [-0.15, -0.1) is 11.3 Å². The molecule has 2 aromatic heterocycles. The van der Waals surface area contributed by atoms with Crippen LogP contribution < -0.4 is 14.2 Å². The van der Waals surface area contributed by atoms with Crippen molar-refractivity contribution >= 4 is 26.3 Å². The van der Waals surface area contributed by atoms with Gasteiger partial charge in [-0.3, -0.25) is 4.40 Å². The van der Waals surface area contributed by atoms with Crippen LogP contribution in [-0.2, 0) is 16.6 Å². The molecule has 9 heteroatoms. The Morgan fingerprint density at radius 3 is 3.05 bits per heavy atom. The number of fused-ring (bicyclic) bond motifs is 2. The summed E-state index contributed by atoms with van der Waals surface area (Å²) in [6, 6.07) is 4.53. The number of benzene rings is 1. The molecule has 0 saturated heterocycles. The van der Waals surface area contributed by atoms with Crippen molar-refractivity contribution in [3.63, 3.8) is 0 Å². The van der Waals surface area contributed by atoms with Crippen LogP contribution in [0.4, 0.5) is 0 Å². The quantitative estimate of drug-likeness (QED) is 0.782. The Kier molecular flexibility index (Phi) is 3.06. The Morgan fingerprint density at radius 2 is 2.18 bits per heavy atom. The smallest absolute Gasteiger partial charge is 0.241 e. The number of thiazole rings is 1.